The molecule has 0 saturated heterocycles. The second kappa shape index (κ2) is 7.82. The smallest absolute Gasteiger partial charge is 0.341 e. The van der Waals surface area contributed by atoms with Crippen molar-refractivity contribution in [3.05, 3.63) is 41.7 Å². The Bertz CT molecular complexity index is 822. The molecule has 144 valence electrons. The molecule has 3 rings (SSSR count). The Morgan fingerprint density at radius 2 is 1.96 bits per heavy atom. The van der Waals surface area contributed by atoms with Crippen molar-refractivity contribution in [2.24, 2.45) is 5.92 Å². The molecule has 0 unspecified atom stereocenters. The number of ether oxygens (including phenoxy) is 1. The Balaban J connectivity index is 1.77. The molecule has 0 spiro atoms. The van der Waals surface area contributed by atoms with Crippen LogP contribution in [0.1, 0.15) is 48.7 Å². The number of carboxylic acid groups (broad SMARTS) is 1. The summed E-state index contributed by atoms with van der Waals surface area (Å²) in [5, 5.41) is 13.1. The van der Waals surface area contributed by atoms with Crippen LogP contribution in [0.4, 0.5) is 5.69 Å². The number of hydrogen-bond acceptors (Lipinski definition) is 4. The zero-order chi connectivity index (χ0) is 19.6. The highest BCUT2D eigenvalue weighted by molar-refractivity contribution is 6.06. The Morgan fingerprint density at radius 3 is 2.52 bits per heavy atom. The lowest BCUT2D eigenvalue weighted by Gasteiger charge is -2.18. The number of amides is 1. The Morgan fingerprint density at radius 1 is 1.30 bits per heavy atom. The summed E-state index contributed by atoms with van der Waals surface area (Å²) >= 11 is 0. The number of nitrogens with zero attached hydrogens (tertiary/aromatic N) is 3. The van der Waals surface area contributed by atoms with Gasteiger partial charge in [0.05, 0.1) is 17.5 Å². The number of carboxylic acids is 1. The highest BCUT2D eigenvalue weighted by atomic mass is 16.5. The number of benzene rings is 1. The van der Waals surface area contributed by atoms with E-state index in [2.05, 4.69) is 18.9 Å². The molecule has 1 saturated carbocycles. The van der Waals surface area contributed by atoms with Gasteiger partial charge in [-0.05, 0) is 43.0 Å². The molecule has 0 radical (unpaired) electrons. The number of aromatic nitrogens is 2. The largest absolute Gasteiger partial charge is 0.482 e. The fourth-order valence-electron chi connectivity index (χ4n) is 3.05. The second-order valence-corrected chi connectivity index (χ2v) is 7.33. The van der Waals surface area contributed by atoms with Gasteiger partial charge < -0.3 is 14.7 Å². The predicted molar refractivity (Wildman–Crippen MR) is 101 cm³/mol. The molecule has 0 bridgehead atoms. The summed E-state index contributed by atoms with van der Waals surface area (Å²) in [6.07, 6.45) is 3.88. The first-order chi connectivity index (χ1) is 12.9. The lowest BCUT2D eigenvalue weighted by Crippen LogP contribution is -2.27. The summed E-state index contributed by atoms with van der Waals surface area (Å²) in [7, 11) is 1.73. The maximum Gasteiger partial charge on any atom is 0.341 e. The molecule has 1 aliphatic carbocycles. The van der Waals surface area contributed by atoms with Crippen LogP contribution in [0.5, 0.6) is 5.75 Å². The van der Waals surface area contributed by atoms with Gasteiger partial charge >= 0.3 is 5.97 Å². The topological polar surface area (TPSA) is 84.7 Å². The summed E-state index contributed by atoms with van der Waals surface area (Å²) in [6, 6.07) is 6.80. The van der Waals surface area contributed by atoms with E-state index in [0.29, 0.717) is 28.8 Å². The molecular formula is C20H25N3O4. The molecule has 7 nitrogen and oxygen atoms in total. The molecule has 1 aromatic heterocycles. The molecular weight excluding hydrogens is 346 g/mol. The Kier molecular flexibility index (Phi) is 5.48. The molecule has 0 aliphatic heterocycles. The Labute approximate surface area is 158 Å². The van der Waals surface area contributed by atoms with Crippen LogP contribution in [0.15, 0.2) is 30.5 Å². The van der Waals surface area contributed by atoms with Gasteiger partial charge in [-0.2, -0.15) is 5.10 Å². The molecule has 7 heteroatoms. The number of rotatable bonds is 8. The van der Waals surface area contributed by atoms with E-state index in [4.69, 9.17) is 9.84 Å². The SMILES string of the molecule is CC(C)Cn1ncc(C(=O)N(C)c2ccc(OCC(=O)O)cc2)c1C1CC1. The number of aliphatic carboxylic acids is 1. The average Bonchev–Trinajstić information content (AvgIpc) is 3.39. The molecule has 1 heterocycles. The first-order valence-corrected chi connectivity index (χ1v) is 9.15. The number of anilines is 1. The van der Waals surface area contributed by atoms with E-state index in [1.165, 1.54) is 0 Å². The summed E-state index contributed by atoms with van der Waals surface area (Å²) in [5.41, 5.74) is 2.41. The molecule has 1 amide bonds. The fraction of sp³-hybridized carbons (Fsp3) is 0.450. The molecule has 1 aliphatic rings. The standard InChI is InChI=1S/C20H25N3O4/c1-13(2)11-23-19(14-4-5-14)17(10-21-23)20(26)22(3)15-6-8-16(9-7-15)27-12-18(24)25/h6-10,13-14H,4-5,11-12H2,1-3H3,(H,24,25). The van der Waals surface area contributed by atoms with Crippen LogP contribution in [0.2, 0.25) is 0 Å². The fourth-order valence-corrected chi connectivity index (χ4v) is 3.05. The van der Waals surface area contributed by atoms with Gasteiger partial charge in [0, 0.05) is 25.2 Å². The molecule has 1 aromatic carbocycles. The van der Waals surface area contributed by atoms with Crippen LogP contribution in [0.25, 0.3) is 0 Å². The molecule has 1 fully saturated rings. The van der Waals surface area contributed by atoms with E-state index in [1.54, 1.807) is 42.4 Å². The number of carbonyl (C=O) groups is 2. The highest BCUT2D eigenvalue weighted by Gasteiger charge is 2.33. The average molecular weight is 371 g/mol. The van der Waals surface area contributed by atoms with E-state index < -0.39 is 12.6 Å². The third-order valence-electron chi connectivity index (χ3n) is 4.50. The van der Waals surface area contributed by atoms with Crippen molar-refractivity contribution in [2.45, 2.75) is 39.2 Å². The highest BCUT2D eigenvalue weighted by Crippen LogP contribution is 2.42. The monoisotopic (exact) mass is 371 g/mol. The van der Waals surface area contributed by atoms with Crippen LogP contribution in [0.3, 0.4) is 0 Å². The van der Waals surface area contributed by atoms with Gasteiger partial charge in [0.1, 0.15) is 5.75 Å². The summed E-state index contributed by atoms with van der Waals surface area (Å²) in [5.74, 6) is 0.209. The maximum atomic E-state index is 13.1. The molecule has 1 N–H and O–H groups in total. The van der Waals surface area contributed by atoms with E-state index in [9.17, 15) is 9.59 Å². The first-order valence-electron chi connectivity index (χ1n) is 9.15. The van der Waals surface area contributed by atoms with Gasteiger partial charge in [0.2, 0.25) is 0 Å². The number of hydrogen-bond donors (Lipinski definition) is 1. The third-order valence-corrected chi connectivity index (χ3v) is 4.50. The van der Waals surface area contributed by atoms with Gasteiger partial charge in [-0.3, -0.25) is 9.48 Å². The van der Waals surface area contributed by atoms with Crippen molar-refractivity contribution >= 4 is 17.6 Å². The second-order valence-electron chi connectivity index (χ2n) is 7.33. The Hall–Kier alpha value is -2.83. The normalized spacial score (nSPS) is 13.6. The molecule has 2 aromatic rings. The van der Waals surface area contributed by atoms with E-state index in [0.717, 1.165) is 25.1 Å². The van der Waals surface area contributed by atoms with Crippen LogP contribution >= 0.6 is 0 Å². The molecule has 0 atom stereocenters. The quantitative estimate of drug-likeness (QED) is 0.770. The van der Waals surface area contributed by atoms with Crippen LogP contribution in [-0.2, 0) is 11.3 Å². The van der Waals surface area contributed by atoms with Crippen LogP contribution < -0.4 is 9.64 Å². The summed E-state index contributed by atoms with van der Waals surface area (Å²) in [6.45, 7) is 4.69. The summed E-state index contributed by atoms with van der Waals surface area (Å²) < 4.78 is 7.11. The lowest BCUT2D eigenvalue weighted by atomic mass is 10.1. The molecule has 27 heavy (non-hydrogen) atoms. The lowest BCUT2D eigenvalue weighted by molar-refractivity contribution is -0.139. The minimum absolute atomic E-state index is 0.0916. The van der Waals surface area contributed by atoms with Crippen molar-refractivity contribution < 1.29 is 19.4 Å². The van der Waals surface area contributed by atoms with E-state index >= 15 is 0 Å². The van der Waals surface area contributed by atoms with E-state index in [-0.39, 0.29) is 5.91 Å². The van der Waals surface area contributed by atoms with Gasteiger partial charge in [-0.1, -0.05) is 13.8 Å². The van der Waals surface area contributed by atoms with Crippen LogP contribution in [-0.4, -0.2) is 40.4 Å². The minimum Gasteiger partial charge on any atom is -0.482 e. The van der Waals surface area contributed by atoms with Crippen molar-refractivity contribution in [3.8, 4) is 5.75 Å². The maximum absolute atomic E-state index is 13.1. The van der Waals surface area contributed by atoms with Crippen molar-refractivity contribution in [2.75, 3.05) is 18.6 Å². The van der Waals surface area contributed by atoms with Crippen LogP contribution in [0, 0.1) is 5.92 Å². The van der Waals surface area contributed by atoms with Crippen molar-refractivity contribution in [3.63, 3.8) is 0 Å². The zero-order valence-corrected chi connectivity index (χ0v) is 15.9. The van der Waals surface area contributed by atoms with Gasteiger partial charge in [-0.15, -0.1) is 0 Å². The minimum atomic E-state index is -1.03. The first kappa shape index (κ1) is 18.9. The number of carbonyl (C=O) groups excluding carboxylic acids is 1. The van der Waals surface area contributed by atoms with E-state index in [1.807, 2.05) is 4.68 Å². The van der Waals surface area contributed by atoms with Gasteiger partial charge in [-0.25, -0.2) is 4.79 Å². The van der Waals surface area contributed by atoms with Crippen molar-refractivity contribution in [1.82, 2.24) is 9.78 Å². The zero-order valence-electron chi connectivity index (χ0n) is 15.9. The summed E-state index contributed by atoms with van der Waals surface area (Å²) in [4.78, 5) is 25.2. The van der Waals surface area contributed by atoms with Gasteiger partial charge in [0.15, 0.2) is 6.61 Å². The predicted octanol–water partition coefficient (Wildman–Crippen LogP) is 3.16. The third kappa shape index (κ3) is 4.48. The van der Waals surface area contributed by atoms with Gasteiger partial charge in [0.25, 0.3) is 5.91 Å². The van der Waals surface area contributed by atoms with Crippen molar-refractivity contribution in [1.29, 1.82) is 0 Å².